The van der Waals surface area contributed by atoms with Crippen LogP contribution in [0.1, 0.15) is 37.0 Å². The summed E-state index contributed by atoms with van der Waals surface area (Å²) in [5.74, 6) is 0.974. The highest BCUT2D eigenvalue weighted by atomic mass is 32.2. The van der Waals surface area contributed by atoms with E-state index in [1.54, 1.807) is 0 Å². The summed E-state index contributed by atoms with van der Waals surface area (Å²) in [5, 5.41) is 3.27. The third-order valence-corrected chi connectivity index (χ3v) is 8.23. The molecule has 0 atom stereocenters. The third-order valence-electron chi connectivity index (χ3n) is 5.39. The number of ether oxygens (including phenoxy) is 1. The van der Waals surface area contributed by atoms with Crippen LogP contribution in [-0.2, 0) is 10.0 Å². The van der Waals surface area contributed by atoms with Crippen LogP contribution < -0.4 is 10.1 Å². The van der Waals surface area contributed by atoms with E-state index in [1.807, 2.05) is 25.1 Å². The first-order valence-electron chi connectivity index (χ1n) is 10.3. The monoisotopic (exact) mass is 459 g/mol. The molecule has 0 bridgehead atoms. The maximum absolute atomic E-state index is 12.8. The van der Waals surface area contributed by atoms with Crippen LogP contribution in [0.3, 0.4) is 0 Å². The second-order valence-corrected chi connectivity index (χ2v) is 10.6. The zero-order valence-electron chi connectivity index (χ0n) is 17.5. The highest BCUT2D eigenvalue weighted by molar-refractivity contribution is 7.89. The molecular formula is C22H25N3O4S2. The summed E-state index contributed by atoms with van der Waals surface area (Å²) in [6, 6.07) is 11.7. The van der Waals surface area contributed by atoms with Crippen molar-refractivity contribution >= 4 is 42.6 Å². The van der Waals surface area contributed by atoms with E-state index in [0.29, 0.717) is 36.3 Å². The van der Waals surface area contributed by atoms with Gasteiger partial charge in [0.05, 0.1) is 21.7 Å². The van der Waals surface area contributed by atoms with Crippen molar-refractivity contribution in [2.45, 2.75) is 31.6 Å². The lowest BCUT2D eigenvalue weighted by atomic mass is 10.0. The predicted molar refractivity (Wildman–Crippen MR) is 122 cm³/mol. The van der Waals surface area contributed by atoms with Gasteiger partial charge in [0, 0.05) is 18.7 Å². The molecule has 7 nitrogen and oxygen atoms in total. The quantitative estimate of drug-likeness (QED) is 0.591. The minimum Gasteiger partial charge on any atom is -0.494 e. The van der Waals surface area contributed by atoms with Gasteiger partial charge in [0.2, 0.25) is 10.0 Å². The summed E-state index contributed by atoms with van der Waals surface area (Å²) in [5.41, 5.74) is 1.15. The summed E-state index contributed by atoms with van der Waals surface area (Å²) < 4.78 is 33.6. The van der Waals surface area contributed by atoms with E-state index in [2.05, 4.69) is 17.2 Å². The molecule has 1 aromatic heterocycles. The second kappa shape index (κ2) is 8.94. The maximum atomic E-state index is 12.8. The van der Waals surface area contributed by atoms with Crippen molar-refractivity contribution in [3.63, 3.8) is 0 Å². The van der Waals surface area contributed by atoms with E-state index < -0.39 is 10.0 Å². The van der Waals surface area contributed by atoms with Crippen LogP contribution in [0.2, 0.25) is 0 Å². The average molecular weight is 460 g/mol. The normalized spacial score (nSPS) is 15.8. The van der Waals surface area contributed by atoms with Crippen LogP contribution in [0.25, 0.3) is 10.2 Å². The van der Waals surface area contributed by atoms with Crippen LogP contribution >= 0.6 is 11.3 Å². The van der Waals surface area contributed by atoms with Gasteiger partial charge in [-0.05, 0) is 68.1 Å². The van der Waals surface area contributed by atoms with Gasteiger partial charge in [0.1, 0.15) is 5.75 Å². The van der Waals surface area contributed by atoms with Crippen LogP contribution in [-0.4, -0.2) is 43.3 Å². The molecule has 1 fully saturated rings. The van der Waals surface area contributed by atoms with Crippen molar-refractivity contribution in [3.05, 3.63) is 48.0 Å². The number of hydrogen-bond acceptors (Lipinski definition) is 6. The molecule has 0 unspecified atom stereocenters. The molecule has 2 heterocycles. The average Bonchev–Trinajstić information content (AvgIpc) is 3.16. The van der Waals surface area contributed by atoms with E-state index in [9.17, 15) is 13.2 Å². The number of sulfonamides is 1. The fourth-order valence-corrected chi connectivity index (χ4v) is 5.90. The number of thiazole rings is 1. The minimum absolute atomic E-state index is 0.210. The van der Waals surface area contributed by atoms with E-state index in [-0.39, 0.29) is 10.8 Å². The van der Waals surface area contributed by atoms with E-state index >= 15 is 0 Å². The van der Waals surface area contributed by atoms with E-state index in [1.165, 1.54) is 39.9 Å². The molecule has 1 saturated heterocycles. The first-order chi connectivity index (χ1) is 14.9. The molecule has 0 spiro atoms. The zero-order valence-corrected chi connectivity index (χ0v) is 19.1. The lowest BCUT2D eigenvalue weighted by molar-refractivity contribution is 0.102. The first kappa shape index (κ1) is 21.7. The van der Waals surface area contributed by atoms with E-state index in [0.717, 1.165) is 28.8 Å². The molecule has 1 N–H and O–H groups in total. The maximum Gasteiger partial charge on any atom is 0.257 e. The largest absolute Gasteiger partial charge is 0.494 e. The van der Waals surface area contributed by atoms with Gasteiger partial charge in [-0.15, -0.1) is 0 Å². The molecule has 1 aliphatic heterocycles. The Hall–Kier alpha value is -2.49. The number of benzene rings is 2. The molecule has 4 rings (SSSR count). The molecule has 0 radical (unpaired) electrons. The number of carbonyl (C=O) groups excluding carboxylic acids is 1. The Labute approximate surface area is 186 Å². The lowest BCUT2D eigenvalue weighted by Gasteiger charge is -2.29. The number of anilines is 1. The lowest BCUT2D eigenvalue weighted by Crippen LogP contribution is -2.37. The first-order valence-corrected chi connectivity index (χ1v) is 12.6. The number of carbonyl (C=O) groups is 1. The topological polar surface area (TPSA) is 88.6 Å². The minimum atomic E-state index is -3.53. The van der Waals surface area contributed by atoms with Gasteiger partial charge >= 0.3 is 0 Å². The number of fused-ring (bicyclic) bond motifs is 1. The Balaban J connectivity index is 1.46. The SMILES string of the molecule is CCOc1ccc2nc(NC(=O)c3ccc(S(=O)(=O)N4CCC(C)CC4)cc3)sc2c1. The molecule has 0 saturated carbocycles. The number of nitrogens with zero attached hydrogens (tertiary/aromatic N) is 2. The molecule has 164 valence electrons. The Morgan fingerprint density at radius 2 is 1.90 bits per heavy atom. The second-order valence-electron chi connectivity index (χ2n) is 7.65. The number of rotatable bonds is 6. The number of nitrogens with one attached hydrogen (secondary N) is 1. The van der Waals surface area contributed by atoms with Crippen molar-refractivity contribution in [3.8, 4) is 5.75 Å². The van der Waals surface area contributed by atoms with Crippen LogP contribution in [0, 0.1) is 5.92 Å². The van der Waals surface area contributed by atoms with Gasteiger partial charge in [-0.25, -0.2) is 13.4 Å². The van der Waals surface area contributed by atoms with Crippen LogP contribution in [0.4, 0.5) is 5.13 Å². The summed E-state index contributed by atoms with van der Waals surface area (Å²) in [7, 11) is -3.53. The molecule has 3 aromatic rings. The third kappa shape index (κ3) is 4.73. The molecule has 0 aliphatic carbocycles. The number of amides is 1. The van der Waals surface area contributed by atoms with Crippen LogP contribution in [0.15, 0.2) is 47.4 Å². The molecule has 1 amide bonds. The van der Waals surface area contributed by atoms with Gasteiger partial charge in [0.15, 0.2) is 5.13 Å². The highest BCUT2D eigenvalue weighted by Crippen LogP contribution is 2.30. The standard InChI is InChI=1S/C22H25N3O4S2/c1-3-29-17-6-9-19-20(14-17)30-22(23-19)24-21(26)16-4-7-18(8-5-16)31(27,28)25-12-10-15(2)11-13-25/h4-9,14-15H,3,10-13H2,1-2H3,(H,23,24,26). The fraction of sp³-hybridized carbons (Fsp3) is 0.364. The van der Waals surface area contributed by atoms with Crippen molar-refractivity contribution in [1.82, 2.24) is 9.29 Å². The Kier molecular flexibility index (Phi) is 6.27. The Morgan fingerprint density at radius 1 is 1.19 bits per heavy atom. The fourth-order valence-electron chi connectivity index (χ4n) is 3.54. The summed E-state index contributed by atoms with van der Waals surface area (Å²) in [4.78, 5) is 17.3. The van der Waals surface area contributed by atoms with Crippen molar-refractivity contribution in [2.75, 3.05) is 25.0 Å². The predicted octanol–water partition coefficient (Wildman–Crippen LogP) is 4.37. The van der Waals surface area contributed by atoms with Crippen molar-refractivity contribution < 1.29 is 17.9 Å². The van der Waals surface area contributed by atoms with Gasteiger partial charge in [-0.1, -0.05) is 18.3 Å². The smallest absolute Gasteiger partial charge is 0.257 e. The summed E-state index contributed by atoms with van der Waals surface area (Å²) >= 11 is 1.36. The van der Waals surface area contributed by atoms with Crippen molar-refractivity contribution in [2.24, 2.45) is 5.92 Å². The van der Waals surface area contributed by atoms with Gasteiger partial charge < -0.3 is 4.74 Å². The van der Waals surface area contributed by atoms with Crippen LogP contribution in [0.5, 0.6) is 5.75 Å². The molecule has 9 heteroatoms. The number of piperidine rings is 1. The molecule has 31 heavy (non-hydrogen) atoms. The molecular weight excluding hydrogens is 434 g/mol. The van der Waals surface area contributed by atoms with Gasteiger partial charge in [-0.3, -0.25) is 10.1 Å². The molecule has 1 aliphatic rings. The number of aromatic nitrogens is 1. The molecule has 2 aromatic carbocycles. The summed E-state index contributed by atoms with van der Waals surface area (Å²) in [6.45, 7) is 5.71. The van der Waals surface area contributed by atoms with E-state index in [4.69, 9.17) is 4.74 Å². The Bertz CT molecular complexity index is 1180. The van der Waals surface area contributed by atoms with Crippen molar-refractivity contribution in [1.29, 1.82) is 0 Å². The van der Waals surface area contributed by atoms with Gasteiger partial charge in [-0.2, -0.15) is 4.31 Å². The summed E-state index contributed by atoms with van der Waals surface area (Å²) in [6.07, 6.45) is 1.74. The highest BCUT2D eigenvalue weighted by Gasteiger charge is 2.28. The Morgan fingerprint density at radius 3 is 2.58 bits per heavy atom. The number of hydrogen-bond donors (Lipinski definition) is 1. The van der Waals surface area contributed by atoms with Gasteiger partial charge in [0.25, 0.3) is 5.91 Å². The zero-order chi connectivity index (χ0) is 22.0.